The first-order chi connectivity index (χ1) is 18.4. The molecule has 9 heteroatoms. The summed E-state index contributed by atoms with van der Waals surface area (Å²) in [5.74, 6) is 0.703. The van der Waals surface area contributed by atoms with Crippen LogP contribution in [0.1, 0.15) is 21.5 Å². The highest BCUT2D eigenvalue weighted by molar-refractivity contribution is 7.92. The SMILES string of the molecule is COc1cc(/C=N\NC(=O)c2ccc(N(C)S(=O)(=O)c3ccccc3)cc2)ccc1OCc1ccccc1. The van der Waals surface area contributed by atoms with Crippen molar-refractivity contribution in [2.75, 3.05) is 18.5 Å². The fourth-order valence-corrected chi connectivity index (χ4v) is 4.78. The Morgan fingerprint density at radius 3 is 2.21 bits per heavy atom. The molecule has 4 rings (SSSR count). The standard InChI is InChI=1S/C29H27N3O5S/c1-32(38(34,35)26-11-7-4-8-12-26)25-16-14-24(15-17-25)29(33)31-30-20-23-13-18-27(28(19-23)36-2)37-21-22-9-5-3-6-10-22/h3-20H,21H2,1-2H3,(H,31,33)/b30-20-. The molecule has 8 nitrogen and oxygen atoms in total. The monoisotopic (exact) mass is 529 g/mol. The van der Waals surface area contributed by atoms with E-state index in [0.29, 0.717) is 34.9 Å². The lowest BCUT2D eigenvalue weighted by Gasteiger charge is -2.19. The number of nitrogens with zero attached hydrogens (tertiary/aromatic N) is 2. The first-order valence-electron chi connectivity index (χ1n) is 11.7. The lowest BCUT2D eigenvalue weighted by molar-refractivity contribution is 0.0955. The minimum atomic E-state index is -3.71. The van der Waals surface area contributed by atoms with E-state index in [4.69, 9.17) is 9.47 Å². The van der Waals surface area contributed by atoms with Crippen LogP contribution in [0.2, 0.25) is 0 Å². The molecule has 0 spiro atoms. The molecule has 38 heavy (non-hydrogen) atoms. The van der Waals surface area contributed by atoms with Crippen LogP contribution in [0.15, 0.2) is 113 Å². The average Bonchev–Trinajstić information content (AvgIpc) is 2.97. The molecule has 0 aliphatic carbocycles. The van der Waals surface area contributed by atoms with Crippen LogP contribution < -0.4 is 19.2 Å². The highest BCUT2D eigenvalue weighted by Gasteiger charge is 2.21. The summed E-state index contributed by atoms with van der Waals surface area (Å²) in [7, 11) is -0.685. The second kappa shape index (κ2) is 12.1. The van der Waals surface area contributed by atoms with Gasteiger partial charge in [0.05, 0.1) is 23.9 Å². The Morgan fingerprint density at radius 1 is 0.895 bits per heavy atom. The van der Waals surface area contributed by atoms with Gasteiger partial charge in [-0.3, -0.25) is 9.10 Å². The van der Waals surface area contributed by atoms with Crippen molar-refractivity contribution in [1.82, 2.24) is 5.43 Å². The summed E-state index contributed by atoms with van der Waals surface area (Å²) in [5, 5.41) is 4.03. The van der Waals surface area contributed by atoms with E-state index in [1.165, 1.54) is 29.7 Å². The lowest BCUT2D eigenvalue weighted by Crippen LogP contribution is -2.26. The van der Waals surface area contributed by atoms with Gasteiger partial charge in [-0.05, 0) is 65.7 Å². The van der Waals surface area contributed by atoms with E-state index in [1.807, 2.05) is 30.3 Å². The van der Waals surface area contributed by atoms with Crippen molar-refractivity contribution in [3.63, 3.8) is 0 Å². The Morgan fingerprint density at radius 2 is 1.55 bits per heavy atom. The molecular formula is C29H27N3O5S. The van der Waals surface area contributed by atoms with Gasteiger partial charge in [-0.1, -0.05) is 48.5 Å². The number of hydrogen-bond donors (Lipinski definition) is 1. The van der Waals surface area contributed by atoms with Gasteiger partial charge < -0.3 is 9.47 Å². The van der Waals surface area contributed by atoms with E-state index < -0.39 is 15.9 Å². The van der Waals surface area contributed by atoms with E-state index in [2.05, 4.69) is 10.5 Å². The zero-order valence-electron chi connectivity index (χ0n) is 20.9. The summed E-state index contributed by atoms with van der Waals surface area (Å²) in [6, 6.07) is 29.5. The van der Waals surface area contributed by atoms with Gasteiger partial charge in [0.15, 0.2) is 11.5 Å². The molecule has 0 heterocycles. The number of hydrogen-bond acceptors (Lipinski definition) is 6. The Labute approximate surface area is 222 Å². The number of hydrazone groups is 1. The smallest absolute Gasteiger partial charge is 0.271 e. The minimum absolute atomic E-state index is 0.186. The van der Waals surface area contributed by atoms with Crippen molar-refractivity contribution in [2.24, 2.45) is 5.10 Å². The topological polar surface area (TPSA) is 97.3 Å². The van der Waals surface area contributed by atoms with E-state index in [9.17, 15) is 13.2 Å². The van der Waals surface area contributed by atoms with E-state index in [0.717, 1.165) is 5.56 Å². The summed E-state index contributed by atoms with van der Waals surface area (Å²) >= 11 is 0. The molecule has 0 saturated carbocycles. The van der Waals surface area contributed by atoms with Crippen molar-refractivity contribution in [2.45, 2.75) is 11.5 Å². The molecular weight excluding hydrogens is 502 g/mol. The van der Waals surface area contributed by atoms with E-state index in [-0.39, 0.29) is 4.90 Å². The number of amides is 1. The van der Waals surface area contributed by atoms with Crippen molar-refractivity contribution >= 4 is 27.8 Å². The second-order valence-corrected chi connectivity index (χ2v) is 10.2. The van der Waals surface area contributed by atoms with Crippen LogP contribution in [0.25, 0.3) is 0 Å². The number of sulfonamides is 1. The number of benzene rings is 4. The molecule has 0 bridgehead atoms. The average molecular weight is 530 g/mol. The van der Waals surface area contributed by atoms with Crippen LogP contribution in [-0.2, 0) is 16.6 Å². The van der Waals surface area contributed by atoms with Gasteiger partial charge in [0, 0.05) is 12.6 Å². The van der Waals surface area contributed by atoms with Crippen molar-refractivity contribution in [3.8, 4) is 11.5 Å². The molecule has 4 aromatic rings. The number of rotatable bonds is 10. The van der Waals surface area contributed by atoms with Gasteiger partial charge in [-0.15, -0.1) is 0 Å². The zero-order chi connectivity index (χ0) is 27.0. The Bertz CT molecular complexity index is 1510. The molecule has 4 aromatic carbocycles. The predicted octanol–water partition coefficient (Wildman–Crippen LogP) is 4.86. The van der Waals surface area contributed by atoms with E-state index in [1.54, 1.807) is 67.8 Å². The van der Waals surface area contributed by atoms with Crippen molar-refractivity contribution < 1.29 is 22.7 Å². The number of anilines is 1. The quantitative estimate of drug-likeness (QED) is 0.234. The molecule has 1 amide bonds. The maximum absolute atomic E-state index is 12.8. The number of carbonyl (C=O) groups is 1. The molecule has 0 atom stereocenters. The number of ether oxygens (including phenoxy) is 2. The Balaban J connectivity index is 1.36. The van der Waals surface area contributed by atoms with Crippen molar-refractivity contribution in [1.29, 1.82) is 0 Å². The predicted molar refractivity (Wildman–Crippen MR) is 147 cm³/mol. The maximum atomic E-state index is 12.8. The van der Waals surface area contributed by atoms with E-state index >= 15 is 0 Å². The molecule has 194 valence electrons. The fourth-order valence-electron chi connectivity index (χ4n) is 3.56. The number of nitrogens with one attached hydrogen (secondary N) is 1. The Hall–Kier alpha value is -4.63. The van der Waals surface area contributed by atoms with Crippen LogP contribution in [0.3, 0.4) is 0 Å². The molecule has 0 unspecified atom stereocenters. The molecule has 0 aliphatic heterocycles. The first kappa shape index (κ1) is 26.4. The van der Waals surface area contributed by atoms with Gasteiger partial charge in [-0.25, -0.2) is 13.8 Å². The fraction of sp³-hybridized carbons (Fsp3) is 0.103. The van der Waals surface area contributed by atoms with Crippen molar-refractivity contribution in [3.05, 3.63) is 120 Å². The third-order valence-electron chi connectivity index (χ3n) is 5.70. The molecule has 0 fully saturated rings. The third kappa shape index (κ3) is 6.37. The minimum Gasteiger partial charge on any atom is -0.493 e. The maximum Gasteiger partial charge on any atom is 0.271 e. The lowest BCUT2D eigenvalue weighted by atomic mass is 10.2. The summed E-state index contributed by atoms with van der Waals surface area (Å²) in [6.07, 6.45) is 1.50. The molecule has 0 aromatic heterocycles. The summed E-state index contributed by atoms with van der Waals surface area (Å²) < 4.78 is 38.1. The van der Waals surface area contributed by atoms with Crippen LogP contribution >= 0.6 is 0 Å². The van der Waals surface area contributed by atoms with Crippen LogP contribution in [0.4, 0.5) is 5.69 Å². The molecule has 0 aliphatic rings. The van der Waals surface area contributed by atoms with Gasteiger partial charge in [0.1, 0.15) is 6.61 Å². The van der Waals surface area contributed by atoms with Gasteiger partial charge in [0.2, 0.25) is 0 Å². The Kier molecular flexibility index (Phi) is 8.40. The molecule has 1 N–H and O–H groups in total. The highest BCUT2D eigenvalue weighted by atomic mass is 32.2. The summed E-state index contributed by atoms with van der Waals surface area (Å²) in [4.78, 5) is 12.7. The zero-order valence-corrected chi connectivity index (χ0v) is 21.8. The van der Waals surface area contributed by atoms with Crippen LogP contribution in [0, 0.1) is 0 Å². The van der Waals surface area contributed by atoms with Crippen LogP contribution in [-0.4, -0.2) is 34.7 Å². The highest BCUT2D eigenvalue weighted by Crippen LogP contribution is 2.28. The molecule has 0 radical (unpaired) electrons. The normalized spacial score (nSPS) is 11.2. The largest absolute Gasteiger partial charge is 0.493 e. The van der Waals surface area contributed by atoms with Crippen LogP contribution in [0.5, 0.6) is 11.5 Å². The van der Waals surface area contributed by atoms with Gasteiger partial charge in [-0.2, -0.15) is 5.10 Å². The second-order valence-electron chi connectivity index (χ2n) is 8.22. The van der Waals surface area contributed by atoms with Gasteiger partial charge >= 0.3 is 0 Å². The number of carbonyl (C=O) groups excluding carboxylic acids is 1. The first-order valence-corrected chi connectivity index (χ1v) is 13.1. The summed E-state index contributed by atoms with van der Waals surface area (Å²) in [5.41, 5.74) is 4.98. The number of methoxy groups -OCH3 is 1. The molecule has 0 saturated heterocycles. The van der Waals surface area contributed by atoms with Gasteiger partial charge in [0.25, 0.3) is 15.9 Å². The summed E-state index contributed by atoms with van der Waals surface area (Å²) in [6.45, 7) is 0.410. The third-order valence-corrected chi connectivity index (χ3v) is 7.50.